The van der Waals surface area contributed by atoms with Gasteiger partial charge in [-0.1, -0.05) is 18.2 Å². The summed E-state index contributed by atoms with van der Waals surface area (Å²) >= 11 is 0. The van der Waals surface area contributed by atoms with Gasteiger partial charge in [-0.15, -0.1) is 10.2 Å². The van der Waals surface area contributed by atoms with Gasteiger partial charge in [0.05, 0.1) is 5.69 Å². The van der Waals surface area contributed by atoms with E-state index in [2.05, 4.69) is 19.9 Å². The summed E-state index contributed by atoms with van der Waals surface area (Å²) in [4.78, 5) is 2.94. The van der Waals surface area contributed by atoms with Gasteiger partial charge < -0.3 is 9.40 Å². The second-order valence-electron chi connectivity index (χ2n) is 5.25. The van der Waals surface area contributed by atoms with Crippen LogP contribution in [0.2, 0.25) is 0 Å². The molecule has 0 unspecified atom stereocenters. The Kier molecular flexibility index (Phi) is 3.69. The molecule has 7 nitrogen and oxygen atoms in total. The highest BCUT2D eigenvalue weighted by atomic mass is 32.2. The van der Waals surface area contributed by atoms with Gasteiger partial charge in [0.25, 0.3) is 15.9 Å². The van der Waals surface area contributed by atoms with Crippen LogP contribution in [0.1, 0.15) is 17.0 Å². The average molecular weight is 332 g/mol. The lowest BCUT2D eigenvalue weighted by molar-refractivity contribution is 0.531. The molecule has 3 aromatic rings. The van der Waals surface area contributed by atoms with E-state index >= 15 is 0 Å². The van der Waals surface area contributed by atoms with E-state index in [1.54, 1.807) is 6.92 Å². The lowest BCUT2D eigenvalue weighted by atomic mass is 10.1. The fourth-order valence-corrected chi connectivity index (χ4v) is 3.42. The van der Waals surface area contributed by atoms with Crippen molar-refractivity contribution in [2.24, 2.45) is 0 Å². The third kappa shape index (κ3) is 2.98. The van der Waals surface area contributed by atoms with E-state index < -0.39 is 10.0 Å². The van der Waals surface area contributed by atoms with E-state index in [1.165, 1.54) is 12.3 Å². The van der Waals surface area contributed by atoms with Crippen LogP contribution in [0.4, 0.5) is 5.69 Å². The number of nitrogens with zero attached hydrogens (tertiary/aromatic N) is 2. The molecule has 0 spiro atoms. The van der Waals surface area contributed by atoms with Crippen LogP contribution in [-0.2, 0) is 10.0 Å². The SMILES string of the molecule is Cc1nnc(-c2cc(S(=O)(=O)Nc3c(C)cccc3C)c[nH]2)o1. The number of hydrogen-bond acceptors (Lipinski definition) is 5. The highest BCUT2D eigenvalue weighted by molar-refractivity contribution is 7.92. The number of benzene rings is 1. The predicted octanol–water partition coefficient (Wildman–Crippen LogP) is 2.79. The molecular weight excluding hydrogens is 316 g/mol. The summed E-state index contributed by atoms with van der Waals surface area (Å²) in [5, 5.41) is 7.58. The molecule has 8 heteroatoms. The molecule has 120 valence electrons. The molecule has 2 heterocycles. The van der Waals surface area contributed by atoms with Crippen molar-refractivity contribution >= 4 is 15.7 Å². The van der Waals surface area contributed by atoms with Crippen molar-refractivity contribution in [3.63, 3.8) is 0 Å². The van der Waals surface area contributed by atoms with Crippen molar-refractivity contribution in [2.45, 2.75) is 25.7 Å². The number of hydrogen-bond donors (Lipinski definition) is 2. The first-order chi connectivity index (χ1) is 10.9. The molecule has 2 aromatic heterocycles. The summed E-state index contributed by atoms with van der Waals surface area (Å²) in [6.45, 7) is 5.38. The Balaban J connectivity index is 1.93. The Morgan fingerprint density at radius 1 is 1.13 bits per heavy atom. The standard InChI is InChI=1S/C15H16N4O3S/c1-9-5-4-6-10(2)14(9)19-23(20,21)12-7-13(16-8-12)15-18-17-11(3)22-15/h4-8,16,19H,1-3H3. The van der Waals surface area contributed by atoms with E-state index in [0.717, 1.165) is 11.1 Å². The van der Waals surface area contributed by atoms with E-state index in [-0.39, 0.29) is 10.8 Å². The zero-order valence-corrected chi connectivity index (χ0v) is 13.7. The molecule has 0 saturated carbocycles. The van der Waals surface area contributed by atoms with Gasteiger partial charge in [0.1, 0.15) is 10.6 Å². The molecule has 0 aliphatic rings. The smallest absolute Gasteiger partial charge is 0.264 e. The first-order valence-corrected chi connectivity index (χ1v) is 8.43. The maximum absolute atomic E-state index is 12.6. The van der Waals surface area contributed by atoms with Crippen LogP contribution in [0, 0.1) is 20.8 Å². The van der Waals surface area contributed by atoms with Gasteiger partial charge >= 0.3 is 0 Å². The van der Waals surface area contributed by atoms with E-state index in [9.17, 15) is 8.42 Å². The van der Waals surface area contributed by atoms with E-state index in [0.29, 0.717) is 17.3 Å². The summed E-state index contributed by atoms with van der Waals surface area (Å²) in [5.74, 6) is 0.656. The third-order valence-electron chi connectivity index (χ3n) is 3.44. The Morgan fingerprint density at radius 3 is 2.43 bits per heavy atom. The number of aromatic nitrogens is 3. The molecule has 3 rings (SSSR count). The lowest BCUT2D eigenvalue weighted by Crippen LogP contribution is -2.14. The number of aryl methyl sites for hydroxylation is 3. The third-order valence-corrected chi connectivity index (χ3v) is 4.77. The number of rotatable bonds is 4. The number of anilines is 1. The van der Waals surface area contributed by atoms with Gasteiger partial charge in [-0.05, 0) is 31.0 Å². The minimum atomic E-state index is -3.71. The van der Waals surface area contributed by atoms with Crippen LogP contribution in [0.15, 0.2) is 39.8 Å². The number of aromatic amines is 1. The van der Waals surface area contributed by atoms with Crippen LogP contribution < -0.4 is 4.72 Å². The molecule has 0 bridgehead atoms. The molecule has 0 fully saturated rings. The Labute approximate surface area is 133 Å². The molecular formula is C15H16N4O3S. The van der Waals surface area contributed by atoms with Crippen molar-refractivity contribution < 1.29 is 12.8 Å². The van der Waals surface area contributed by atoms with Gasteiger partial charge in [-0.2, -0.15) is 0 Å². The van der Waals surface area contributed by atoms with Gasteiger partial charge in [0.2, 0.25) is 5.89 Å². The van der Waals surface area contributed by atoms with Gasteiger partial charge in [-0.25, -0.2) is 8.42 Å². The minimum Gasteiger partial charge on any atom is -0.420 e. The van der Waals surface area contributed by atoms with Crippen LogP contribution in [0.25, 0.3) is 11.6 Å². The molecule has 0 radical (unpaired) electrons. The molecule has 0 atom stereocenters. The van der Waals surface area contributed by atoms with Crippen molar-refractivity contribution in [2.75, 3.05) is 4.72 Å². The summed E-state index contributed by atoms with van der Waals surface area (Å²) in [5.41, 5.74) is 2.75. The second-order valence-corrected chi connectivity index (χ2v) is 6.93. The number of H-pyrrole nitrogens is 1. The zero-order chi connectivity index (χ0) is 16.6. The quantitative estimate of drug-likeness (QED) is 0.765. The molecule has 0 aliphatic heterocycles. The monoisotopic (exact) mass is 332 g/mol. The van der Waals surface area contributed by atoms with Crippen LogP contribution >= 0.6 is 0 Å². The highest BCUT2D eigenvalue weighted by Crippen LogP contribution is 2.25. The van der Waals surface area contributed by atoms with Crippen molar-refractivity contribution in [3.8, 4) is 11.6 Å². The average Bonchev–Trinajstić information content (AvgIpc) is 3.12. The lowest BCUT2D eigenvalue weighted by Gasteiger charge is -2.12. The fraction of sp³-hybridized carbons (Fsp3) is 0.200. The fourth-order valence-electron chi connectivity index (χ4n) is 2.23. The van der Waals surface area contributed by atoms with Gasteiger partial charge in [0.15, 0.2) is 0 Å². The summed E-state index contributed by atoms with van der Waals surface area (Å²) < 4.78 is 33.0. The zero-order valence-electron chi connectivity index (χ0n) is 12.9. The maximum atomic E-state index is 12.6. The normalized spacial score (nSPS) is 11.6. The molecule has 0 aliphatic carbocycles. The topological polar surface area (TPSA) is 101 Å². The largest absolute Gasteiger partial charge is 0.420 e. The van der Waals surface area contributed by atoms with E-state index in [1.807, 2.05) is 32.0 Å². The molecule has 23 heavy (non-hydrogen) atoms. The Hall–Kier alpha value is -2.61. The van der Waals surface area contributed by atoms with Crippen molar-refractivity contribution in [1.82, 2.24) is 15.2 Å². The summed E-state index contributed by atoms with van der Waals surface area (Å²) in [7, 11) is -3.71. The summed E-state index contributed by atoms with van der Waals surface area (Å²) in [6.07, 6.45) is 1.39. The highest BCUT2D eigenvalue weighted by Gasteiger charge is 2.20. The van der Waals surface area contributed by atoms with Crippen LogP contribution in [0.5, 0.6) is 0 Å². The minimum absolute atomic E-state index is 0.103. The molecule has 0 saturated heterocycles. The van der Waals surface area contributed by atoms with Crippen molar-refractivity contribution in [3.05, 3.63) is 47.5 Å². The molecule has 0 amide bonds. The number of para-hydroxylation sites is 1. The van der Waals surface area contributed by atoms with Gasteiger partial charge in [-0.3, -0.25) is 4.72 Å². The maximum Gasteiger partial charge on any atom is 0.264 e. The first kappa shape index (κ1) is 15.3. The van der Waals surface area contributed by atoms with E-state index in [4.69, 9.17) is 4.42 Å². The van der Waals surface area contributed by atoms with Crippen LogP contribution in [0.3, 0.4) is 0 Å². The Bertz CT molecular complexity index is 937. The number of sulfonamides is 1. The van der Waals surface area contributed by atoms with Crippen molar-refractivity contribution in [1.29, 1.82) is 0 Å². The van der Waals surface area contributed by atoms with Crippen LogP contribution in [-0.4, -0.2) is 23.6 Å². The first-order valence-electron chi connectivity index (χ1n) is 6.95. The molecule has 2 N–H and O–H groups in total. The predicted molar refractivity (Wildman–Crippen MR) is 85.5 cm³/mol. The van der Waals surface area contributed by atoms with Gasteiger partial charge in [0, 0.05) is 13.1 Å². The number of nitrogens with one attached hydrogen (secondary N) is 2. The Morgan fingerprint density at radius 2 is 1.83 bits per heavy atom. The molecule has 1 aromatic carbocycles. The summed E-state index contributed by atoms with van der Waals surface area (Å²) in [6, 6.07) is 7.06. The second kappa shape index (κ2) is 5.54.